The molecule has 0 bridgehead atoms. The SMILES string of the molecule is COCCCOc1cc(/C(=N\NC(=O)OC(C)(C)C)C(C/C=C/CC(C(=O)O)C(C)C)C(C)C)ccc1OC. The summed E-state index contributed by atoms with van der Waals surface area (Å²) in [7, 11) is 3.23. The van der Waals surface area contributed by atoms with Crippen molar-refractivity contribution in [3.63, 3.8) is 0 Å². The van der Waals surface area contributed by atoms with Crippen molar-refractivity contribution in [1.29, 1.82) is 0 Å². The van der Waals surface area contributed by atoms with Crippen LogP contribution < -0.4 is 14.9 Å². The molecule has 0 fully saturated rings. The van der Waals surface area contributed by atoms with E-state index < -0.39 is 23.6 Å². The van der Waals surface area contributed by atoms with Gasteiger partial charge in [-0.25, -0.2) is 10.2 Å². The average Bonchev–Trinajstić information content (AvgIpc) is 2.83. The van der Waals surface area contributed by atoms with E-state index in [1.165, 1.54) is 0 Å². The normalized spacial score (nSPS) is 14.0. The number of aliphatic carboxylic acids is 1. The van der Waals surface area contributed by atoms with Crippen molar-refractivity contribution >= 4 is 17.8 Å². The first-order chi connectivity index (χ1) is 18.3. The van der Waals surface area contributed by atoms with Crippen LogP contribution in [-0.4, -0.2) is 55.9 Å². The number of nitrogens with one attached hydrogen (secondary N) is 1. The highest BCUT2D eigenvalue weighted by Crippen LogP contribution is 2.31. The average molecular weight is 549 g/mol. The number of carboxylic acid groups (broad SMARTS) is 1. The van der Waals surface area contributed by atoms with Crippen LogP contribution in [0.15, 0.2) is 35.5 Å². The molecule has 0 aliphatic rings. The second-order valence-corrected chi connectivity index (χ2v) is 11.2. The van der Waals surface area contributed by atoms with E-state index in [0.717, 1.165) is 12.0 Å². The number of carboxylic acids is 1. The third kappa shape index (κ3) is 12.6. The first-order valence-electron chi connectivity index (χ1n) is 13.5. The highest BCUT2D eigenvalue weighted by atomic mass is 16.6. The van der Waals surface area contributed by atoms with Crippen molar-refractivity contribution in [1.82, 2.24) is 5.43 Å². The maximum absolute atomic E-state index is 12.5. The van der Waals surface area contributed by atoms with E-state index in [2.05, 4.69) is 24.4 Å². The molecule has 220 valence electrons. The Kier molecular flexibility index (Phi) is 14.6. The van der Waals surface area contributed by atoms with Gasteiger partial charge in [0, 0.05) is 31.6 Å². The molecule has 9 heteroatoms. The van der Waals surface area contributed by atoms with Gasteiger partial charge in [-0.15, -0.1) is 0 Å². The zero-order valence-electron chi connectivity index (χ0n) is 25.1. The van der Waals surface area contributed by atoms with Crippen LogP contribution in [0.3, 0.4) is 0 Å². The van der Waals surface area contributed by atoms with Crippen LogP contribution >= 0.6 is 0 Å². The lowest BCUT2D eigenvalue weighted by Gasteiger charge is -2.24. The lowest BCUT2D eigenvalue weighted by molar-refractivity contribution is -0.143. The number of carbonyl (C=O) groups excluding carboxylic acids is 1. The molecule has 2 N–H and O–H groups in total. The molecular formula is C30H48N2O7. The molecule has 0 saturated heterocycles. The third-order valence-electron chi connectivity index (χ3n) is 6.10. The van der Waals surface area contributed by atoms with Crippen LogP contribution in [0.2, 0.25) is 0 Å². The van der Waals surface area contributed by atoms with Gasteiger partial charge in [0.2, 0.25) is 0 Å². The predicted molar refractivity (Wildman–Crippen MR) is 154 cm³/mol. The van der Waals surface area contributed by atoms with Crippen LogP contribution in [0.5, 0.6) is 11.5 Å². The van der Waals surface area contributed by atoms with Gasteiger partial charge in [0.25, 0.3) is 0 Å². The first-order valence-corrected chi connectivity index (χ1v) is 13.5. The van der Waals surface area contributed by atoms with Crippen molar-refractivity contribution in [2.45, 2.75) is 73.3 Å². The standard InChI is InChI=1S/C30H48N2O7/c1-20(2)23(13-10-11-14-24(21(3)4)28(33)34)27(31-32-29(35)39-30(5,6)7)22-15-16-25(37-9)26(19-22)38-18-12-17-36-8/h10-11,15-16,19-21,23-24H,12-14,17-18H2,1-9H3,(H,32,35)(H,33,34)/b11-10+,31-27+. The fraction of sp³-hybridized carbons (Fsp3) is 0.633. The summed E-state index contributed by atoms with van der Waals surface area (Å²) in [5, 5.41) is 14.0. The quantitative estimate of drug-likeness (QED) is 0.108. The number of allylic oxidation sites excluding steroid dienone is 2. The van der Waals surface area contributed by atoms with Crippen LogP contribution in [0.1, 0.15) is 73.3 Å². The number of hydrazone groups is 1. The summed E-state index contributed by atoms with van der Waals surface area (Å²) < 4.78 is 22.0. The molecule has 1 aromatic rings. The number of hydrogen-bond acceptors (Lipinski definition) is 7. The van der Waals surface area contributed by atoms with Gasteiger partial charge in [-0.3, -0.25) is 4.79 Å². The van der Waals surface area contributed by atoms with Crippen molar-refractivity contribution < 1.29 is 33.6 Å². The Bertz CT molecular complexity index is 965. The lowest BCUT2D eigenvalue weighted by Crippen LogP contribution is -2.32. The van der Waals surface area contributed by atoms with Crippen molar-refractivity contribution in [2.75, 3.05) is 27.4 Å². The van der Waals surface area contributed by atoms with Gasteiger partial charge in [0.05, 0.1) is 25.3 Å². The molecule has 1 aromatic carbocycles. The monoisotopic (exact) mass is 548 g/mol. The second-order valence-electron chi connectivity index (χ2n) is 11.2. The zero-order chi connectivity index (χ0) is 29.6. The van der Waals surface area contributed by atoms with Gasteiger partial charge in [0.15, 0.2) is 11.5 Å². The number of amides is 1. The Morgan fingerprint density at radius 1 is 0.974 bits per heavy atom. The van der Waals surface area contributed by atoms with E-state index >= 15 is 0 Å². The highest BCUT2D eigenvalue weighted by Gasteiger charge is 2.24. The van der Waals surface area contributed by atoms with Gasteiger partial charge < -0.3 is 24.1 Å². The minimum Gasteiger partial charge on any atom is -0.493 e. The Hall–Kier alpha value is -3.07. The molecule has 2 atom stereocenters. The molecule has 0 aliphatic heterocycles. The molecule has 0 spiro atoms. The maximum Gasteiger partial charge on any atom is 0.428 e. The molecule has 0 saturated carbocycles. The highest BCUT2D eigenvalue weighted by molar-refractivity contribution is 6.03. The van der Waals surface area contributed by atoms with Crippen molar-refractivity contribution in [3.05, 3.63) is 35.9 Å². The van der Waals surface area contributed by atoms with Crippen LogP contribution in [0.4, 0.5) is 4.79 Å². The fourth-order valence-electron chi connectivity index (χ4n) is 3.95. The van der Waals surface area contributed by atoms with Gasteiger partial charge >= 0.3 is 12.1 Å². The molecule has 1 rings (SSSR count). The van der Waals surface area contributed by atoms with E-state index in [4.69, 9.17) is 18.9 Å². The van der Waals surface area contributed by atoms with E-state index in [9.17, 15) is 14.7 Å². The molecule has 0 aromatic heterocycles. The molecular weight excluding hydrogens is 500 g/mol. The first kappa shape index (κ1) is 34.0. The summed E-state index contributed by atoms with van der Waals surface area (Å²) in [4.78, 5) is 24.0. The van der Waals surface area contributed by atoms with E-state index in [0.29, 0.717) is 43.3 Å². The molecule has 1 amide bonds. The van der Waals surface area contributed by atoms with Gasteiger partial charge in [-0.2, -0.15) is 5.10 Å². The minimum atomic E-state index is -0.796. The number of benzene rings is 1. The Labute approximate surface area is 233 Å². The van der Waals surface area contributed by atoms with E-state index in [-0.39, 0.29) is 17.8 Å². The molecule has 0 radical (unpaired) electrons. The molecule has 39 heavy (non-hydrogen) atoms. The molecule has 0 aliphatic carbocycles. The third-order valence-corrected chi connectivity index (χ3v) is 6.10. The Morgan fingerprint density at radius 3 is 2.10 bits per heavy atom. The van der Waals surface area contributed by atoms with Crippen molar-refractivity contribution in [2.24, 2.45) is 28.8 Å². The second kappa shape index (κ2) is 16.8. The number of hydrogen-bond donors (Lipinski definition) is 2. The van der Waals surface area contributed by atoms with Crippen molar-refractivity contribution in [3.8, 4) is 11.5 Å². The lowest BCUT2D eigenvalue weighted by atomic mass is 9.84. The summed E-state index contributed by atoms with van der Waals surface area (Å²) in [5.41, 5.74) is 3.32. The van der Waals surface area contributed by atoms with Crippen LogP contribution in [0, 0.1) is 23.7 Å². The van der Waals surface area contributed by atoms with Gasteiger partial charge in [0.1, 0.15) is 5.60 Å². The van der Waals surface area contributed by atoms with Crippen LogP contribution in [-0.2, 0) is 14.3 Å². The predicted octanol–water partition coefficient (Wildman–Crippen LogP) is 6.30. The van der Waals surface area contributed by atoms with E-state index in [1.54, 1.807) is 35.0 Å². The number of nitrogens with zero attached hydrogens (tertiary/aromatic N) is 1. The number of rotatable bonds is 16. The summed E-state index contributed by atoms with van der Waals surface area (Å²) in [6.07, 6.45) is 5.04. The summed E-state index contributed by atoms with van der Waals surface area (Å²) >= 11 is 0. The van der Waals surface area contributed by atoms with Crippen LogP contribution in [0.25, 0.3) is 0 Å². The smallest absolute Gasteiger partial charge is 0.428 e. The maximum atomic E-state index is 12.5. The Morgan fingerprint density at radius 2 is 1.59 bits per heavy atom. The topological polar surface area (TPSA) is 116 Å². The summed E-state index contributed by atoms with van der Waals surface area (Å²) in [5.74, 6) is 0.0102. The molecule has 9 nitrogen and oxygen atoms in total. The zero-order valence-corrected chi connectivity index (χ0v) is 25.1. The minimum absolute atomic E-state index is 0.0322. The summed E-state index contributed by atoms with van der Waals surface area (Å²) in [6.45, 7) is 14.4. The fourth-order valence-corrected chi connectivity index (χ4v) is 3.95. The molecule has 0 heterocycles. The molecule has 2 unspecified atom stereocenters. The van der Waals surface area contributed by atoms with E-state index in [1.807, 2.05) is 44.2 Å². The number of methoxy groups -OCH3 is 2. The van der Waals surface area contributed by atoms with Gasteiger partial charge in [-0.1, -0.05) is 39.8 Å². The largest absolute Gasteiger partial charge is 0.493 e. The van der Waals surface area contributed by atoms with Gasteiger partial charge in [-0.05, 0) is 63.6 Å². The summed E-state index contributed by atoms with van der Waals surface area (Å²) in [6, 6.07) is 5.56. The number of ether oxygens (including phenoxy) is 4. The Balaban J connectivity index is 3.37. The number of carbonyl (C=O) groups is 2.